The van der Waals surface area contributed by atoms with Gasteiger partial charge in [0.2, 0.25) is 0 Å². The van der Waals surface area contributed by atoms with Gasteiger partial charge in [-0.15, -0.1) is 0 Å². The Morgan fingerprint density at radius 2 is 1.80 bits per heavy atom. The highest BCUT2D eigenvalue weighted by atomic mass is 32.2. The third-order valence-electron chi connectivity index (χ3n) is 6.21. The van der Waals surface area contributed by atoms with E-state index in [1.54, 1.807) is 6.92 Å². The van der Waals surface area contributed by atoms with Crippen LogP contribution in [0.2, 0.25) is 0 Å². The fourth-order valence-electron chi connectivity index (χ4n) is 4.15. The number of aliphatic hydroxyl groups is 1. The summed E-state index contributed by atoms with van der Waals surface area (Å²) in [5, 5.41) is 11.5. The fourth-order valence-corrected chi connectivity index (χ4v) is 5.18. The Hall–Kier alpha value is -3.51. The maximum absolute atomic E-state index is 12.7. The molecule has 0 unspecified atom stereocenters. The largest absolute Gasteiger partial charge is 0.506 e. The first-order chi connectivity index (χ1) is 16.7. The molecule has 3 aromatic rings. The molecule has 2 heterocycles. The van der Waals surface area contributed by atoms with Crippen LogP contribution in [0.25, 0.3) is 11.8 Å². The van der Waals surface area contributed by atoms with Crippen molar-refractivity contribution >= 4 is 34.5 Å². The van der Waals surface area contributed by atoms with E-state index in [9.17, 15) is 9.90 Å². The number of aliphatic imine (C=N–C) groups is 1. The zero-order valence-corrected chi connectivity index (χ0v) is 21.8. The van der Waals surface area contributed by atoms with E-state index in [2.05, 4.69) is 61.5 Å². The molecule has 0 spiro atoms. The van der Waals surface area contributed by atoms with Gasteiger partial charge in [0.05, 0.1) is 17.2 Å². The molecule has 6 heteroatoms. The molecule has 0 saturated carbocycles. The lowest BCUT2D eigenvalue weighted by Gasteiger charge is -2.14. The van der Waals surface area contributed by atoms with Gasteiger partial charge in [0.25, 0.3) is 0 Å². The number of benzene rings is 2. The predicted molar refractivity (Wildman–Crippen MR) is 145 cm³/mol. The van der Waals surface area contributed by atoms with Crippen LogP contribution in [0, 0.1) is 34.6 Å². The van der Waals surface area contributed by atoms with E-state index in [1.807, 2.05) is 37.3 Å². The summed E-state index contributed by atoms with van der Waals surface area (Å²) in [6.07, 6.45) is 1.92. The number of aromatic nitrogens is 1. The molecule has 0 bridgehead atoms. The SMILES string of the molecule is CCOC(=O)C1=C(O)C(=Cc2cc(C)n(-c3cccc(C)c3C)c2C)SC1=Nc1ccc(C)cc1. The topological polar surface area (TPSA) is 63.8 Å². The standard InChI is InChI=1S/C29H30N2O3S/c1-7-34-29(33)26-27(32)25(35-28(26)30-23-13-11-17(2)12-14-23)16-22-15-19(4)31(21(22)6)24-10-8-9-18(3)20(24)5/h8-16,32H,7H2,1-6H3. The van der Waals surface area contributed by atoms with Gasteiger partial charge in [-0.2, -0.15) is 0 Å². The van der Waals surface area contributed by atoms with Gasteiger partial charge < -0.3 is 14.4 Å². The summed E-state index contributed by atoms with van der Waals surface area (Å²) in [7, 11) is 0. The van der Waals surface area contributed by atoms with E-state index in [-0.39, 0.29) is 17.9 Å². The van der Waals surface area contributed by atoms with Crippen molar-refractivity contribution in [3.63, 3.8) is 0 Å². The van der Waals surface area contributed by atoms with Crippen molar-refractivity contribution in [3.05, 3.63) is 98.4 Å². The van der Waals surface area contributed by atoms with Gasteiger partial charge >= 0.3 is 5.97 Å². The number of carbonyl (C=O) groups is 1. The molecule has 180 valence electrons. The van der Waals surface area contributed by atoms with Crippen LogP contribution in [-0.4, -0.2) is 27.3 Å². The van der Waals surface area contributed by atoms with Crippen molar-refractivity contribution in [2.45, 2.75) is 41.5 Å². The summed E-state index contributed by atoms with van der Waals surface area (Å²) < 4.78 is 7.45. The number of thioether (sulfide) groups is 1. The maximum atomic E-state index is 12.7. The second-order valence-corrected chi connectivity index (χ2v) is 9.72. The lowest BCUT2D eigenvalue weighted by molar-refractivity contribution is -0.138. The molecule has 4 rings (SSSR count). The van der Waals surface area contributed by atoms with Gasteiger partial charge in [-0.05, 0) is 88.6 Å². The average Bonchev–Trinajstić information content (AvgIpc) is 3.27. The van der Waals surface area contributed by atoms with E-state index < -0.39 is 5.97 Å². The first-order valence-electron chi connectivity index (χ1n) is 11.6. The lowest BCUT2D eigenvalue weighted by Crippen LogP contribution is -2.12. The summed E-state index contributed by atoms with van der Waals surface area (Å²) >= 11 is 1.28. The minimum Gasteiger partial charge on any atom is -0.506 e. The third kappa shape index (κ3) is 4.84. The first-order valence-corrected chi connectivity index (χ1v) is 12.4. The molecule has 1 aliphatic rings. The fraction of sp³-hybridized carbons (Fsp3) is 0.241. The smallest absolute Gasteiger partial charge is 0.344 e. The number of ether oxygens (including phenoxy) is 1. The van der Waals surface area contributed by atoms with Crippen molar-refractivity contribution in [3.8, 4) is 5.69 Å². The maximum Gasteiger partial charge on any atom is 0.344 e. The third-order valence-corrected chi connectivity index (χ3v) is 7.23. The Balaban J connectivity index is 1.79. The van der Waals surface area contributed by atoms with Crippen LogP contribution < -0.4 is 0 Å². The first kappa shape index (κ1) is 24.6. The molecular formula is C29H30N2O3S. The molecule has 0 amide bonds. The van der Waals surface area contributed by atoms with Crippen molar-refractivity contribution in [1.82, 2.24) is 4.57 Å². The molecular weight excluding hydrogens is 456 g/mol. The molecule has 1 aromatic heterocycles. The van der Waals surface area contributed by atoms with Gasteiger partial charge in [-0.25, -0.2) is 9.79 Å². The molecule has 0 saturated heterocycles. The molecule has 1 N–H and O–H groups in total. The van der Waals surface area contributed by atoms with Crippen LogP contribution in [0.1, 0.15) is 40.6 Å². The van der Waals surface area contributed by atoms with Crippen molar-refractivity contribution in [2.75, 3.05) is 6.61 Å². The quantitative estimate of drug-likeness (QED) is 0.387. The number of hydrogen-bond acceptors (Lipinski definition) is 5. The Bertz CT molecular complexity index is 1390. The average molecular weight is 487 g/mol. The Labute approximate surface area is 210 Å². The van der Waals surface area contributed by atoms with Gasteiger partial charge in [0, 0.05) is 17.1 Å². The summed E-state index contributed by atoms with van der Waals surface area (Å²) in [4.78, 5) is 17.9. The van der Waals surface area contributed by atoms with E-state index >= 15 is 0 Å². The number of nitrogens with zero attached hydrogens (tertiary/aromatic N) is 2. The lowest BCUT2D eigenvalue weighted by atomic mass is 10.1. The van der Waals surface area contributed by atoms with Crippen LogP contribution >= 0.6 is 11.8 Å². The van der Waals surface area contributed by atoms with Crippen LogP contribution in [0.3, 0.4) is 0 Å². The van der Waals surface area contributed by atoms with Crippen LogP contribution in [0.4, 0.5) is 5.69 Å². The molecule has 0 aliphatic carbocycles. The van der Waals surface area contributed by atoms with E-state index in [1.165, 1.54) is 22.9 Å². The number of aryl methyl sites for hydroxylation is 3. The second kappa shape index (κ2) is 10.0. The van der Waals surface area contributed by atoms with Gasteiger partial charge in [-0.1, -0.05) is 41.6 Å². The normalized spacial score (nSPS) is 15.9. The summed E-state index contributed by atoms with van der Waals surface area (Å²) in [6, 6.07) is 16.1. The highest BCUT2D eigenvalue weighted by molar-refractivity contribution is 8.18. The highest BCUT2D eigenvalue weighted by Gasteiger charge is 2.33. The summed E-state index contributed by atoms with van der Waals surface area (Å²) in [6.45, 7) is 12.3. The van der Waals surface area contributed by atoms with Crippen LogP contribution in [0.5, 0.6) is 0 Å². The molecule has 0 radical (unpaired) electrons. The highest BCUT2D eigenvalue weighted by Crippen LogP contribution is 2.41. The van der Waals surface area contributed by atoms with Crippen LogP contribution in [0.15, 0.2) is 69.8 Å². The molecule has 2 aromatic carbocycles. The van der Waals surface area contributed by atoms with E-state index in [0.29, 0.717) is 15.6 Å². The van der Waals surface area contributed by atoms with Crippen molar-refractivity contribution < 1.29 is 14.6 Å². The van der Waals surface area contributed by atoms with Crippen LogP contribution in [-0.2, 0) is 9.53 Å². The Morgan fingerprint density at radius 3 is 2.49 bits per heavy atom. The number of rotatable bonds is 5. The molecule has 0 fully saturated rings. The molecule has 0 atom stereocenters. The van der Waals surface area contributed by atoms with Crippen molar-refractivity contribution in [2.24, 2.45) is 4.99 Å². The predicted octanol–water partition coefficient (Wildman–Crippen LogP) is 7.21. The minimum atomic E-state index is -0.576. The number of hydrogen-bond donors (Lipinski definition) is 1. The minimum absolute atomic E-state index is 0.101. The Kier molecular flexibility index (Phi) is 7.03. The van der Waals surface area contributed by atoms with E-state index in [4.69, 9.17) is 4.74 Å². The van der Waals surface area contributed by atoms with Gasteiger partial charge in [0.1, 0.15) is 16.4 Å². The van der Waals surface area contributed by atoms with E-state index in [0.717, 1.165) is 28.2 Å². The van der Waals surface area contributed by atoms with Gasteiger partial charge in [-0.3, -0.25) is 0 Å². The second-order valence-electron chi connectivity index (χ2n) is 8.69. The Morgan fingerprint density at radius 1 is 1.09 bits per heavy atom. The van der Waals surface area contributed by atoms with Gasteiger partial charge in [0.15, 0.2) is 0 Å². The molecule has 5 nitrogen and oxygen atoms in total. The monoisotopic (exact) mass is 486 g/mol. The zero-order chi connectivity index (χ0) is 25.3. The number of aliphatic hydroxyl groups excluding tert-OH is 1. The number of esters is 1. The molecule has 1 aliphatic heterocycles. The summed E-state index contributed by atoms with van der Waals surface area (Å²) in [5.41, 5.74) is 8.65. The zero-order valence-electron chi connectivity index (χ0n) is 21.0. The van der Waals surface area contributed by atoms with Crippen molar-refractivity contribution in [1.29, 1.82) is 0 Å². The molecule has 35 heavy (non-hydrogen) atoms. The number of carbonyl (C=O) groups excluding carboxylic acids is 1. The summed E-state index contributed by atoms with van der Waals surface area (Å²) in [5.74, 6) is -0.677.